The minimum absolute atomic E-state index is 0.119. The summed E-state index contributed by atoms with van der Waals surface area (Å²) in [7, 11) is 0. The number of rotatable bonds is 5. The Kier molecular flexibility index (Phi) is 4.37. The van der Waals surface area contributed by atoms with Crippen LogP contribution in [-0.2, 0) is 6.54 Å². The molecule has 0 aliphatic heterocycles. The number of benzene rings is 1. The molecule has 4 rings (SSSR count). The van der Waals surface area contributed by atoms with Gasteiger partial charge in [0.2, 0.25) is 5.78 Å². The number of nitrogens with one attached hydrogen (secondary N) is 1. The number of ketones is 1. The first-order valence-corrected chi connectivity index (χ1v) is 9.25. The molecule has 1 amide bonds. The first-order valence-electron chi connectivity index (χ1n) is 8.43. The Bertz CT molecular complexity index is 1120. The summed E-state index contributed by atoms with van der Waals surface area (Å²) in [4.78, 5) is 30.9. The highest BCUT2D eigenvalue weighted by molar-refractivity contribution is 7.19. The van der Waals surface area contributed by atoms with Crippen LogP contribution in [0.1, 0.15) is 42.7 Å². The molecular weight excluding hydrogens is 362 g/mol. The van der Waals surface area contributed by atoms with Gasteiger partial charge in [0.05, 0.1) is 19.0 Å². The van der Waals surface area contributed by atoms with Gasteiger partial charge >= 0.3 is 0 Å². The van der Waals surface area contributed by atoms with E-state index >= 15 is 0 Å². The number of imidazole rings is 1. The average Bonchev–Trinajstić information content (AvgIpc) is 3.38. The van der Waals surface area contributed by atoms with Crippen LogP contribution in [0.5, 0.6) is 0 Å². The highest BCUT2D eigenvalue weighted by Crippen LogP contribution is 2.25. The van der Waals surface area contributed by atoms with Gasteiger partial charge in [-0.25, -0.2) is 4.98 Å². The number of amides is 1. The molecule has 0 unspecified atom stereocenters. The first-order chi connectivity index (χ1) is 13.0. The highest BCUT2D eigenvalue weighted by Gasteiger charge is 2.22. The molecule has 1 aromatic carbocycles. The zero-order valence-corrected chi connectivity index (χ0v) is 15.7. The van der Waals surface area contributed by atoms with Crippen LogP contribution in [0.3, 0.4) is 0 Å². The Morgan fingerprint density at radius 3 is 2.67 bits per heavy atom. The number of aryl methyl sites for hydroxylation is 2. The number of aromatic nitrogens is 2. The van der Waals surface area contributed by atoms with Crippen molar-refractivity contribution in [3.8, 4) is 0 Å². The van der Waals surface area contributed by atoms with Crippen LogP contribution in [0.25, 0.3) is 4.96 Å². The molecular formula is C20H17N3O3S. The number of furan rings is 1. The molecule has 6 nitrogen and oxygen atoms in total. The van der Waals surface area contributed by atoms with Crippen molar-refractivity contribution in [2.45, 2.75) is 20.4 Å². The normalized spacial score (nSPS) is 11.0. The lowest BCUT2D eigenvalue weighted by Gasteiger charge is -2.04. The Labute approximate surface area is 159 Å². The minimum atomic E-state index is -0.215. The maximum atomic E-state index is 12.9. The summed E-state index contributed by atoms with van der Waals surface area (Å²) in [6, 6.07) is 11.0. The van der Waals surface area contributed by atoms with E-state index in [0.717, 1.165) is 5.56 Å². The van der Waals surface area contributed by atoms with Crippen molar-refractivity contribution >= 4 is 28.0 Å². The molecule has 0 atom stereocenters. The Balaban J connectivity index is 1.64. The van der Waals surface area contributed by atoms with Gasteiger partial charge in [-0.15, -0.1) is 0 Å². The number of carbonyl (C=O) groups excluding carboxylic acids is 2. The third-order valence-electron chi connectivity index (χ3n) is 4.34. The van der Waals surface area contributed by atoms with Gasteiger partial charge in [0.1, 0.15) is 16.3 Å². The zero-order valence-electron chi connectivity index (χ0n) is 14.9. The lowest BCUT2D eigenvalue weighted by Crippen LogP contribution is -2.22. The van der Waals surface area contributed by atoms with Gasteiger partial charge in [0.25, 0.3) is 5.91 Å². The van der Waals surface area contributed by atoms with E-state index in [9.17, 15) is 9.59 Å². The standard InChI is InChI=1S/C20H17N3O3S/c1-12-5-7-14(8-6-12)17(24)16-11-22-20-23(16)13(2)18(27-20)19(25)21-10-15-4-3-9-26-15/h3-9,11H,10H2,1-2H3,(H,21,25). The third-order valence-corrected chi connectivity index (χ3v) is 5.50. The van der Waals surface area contributed by atoms with Gasteiger partial charge in [-0.3, -0.25) is 14.0 Å². The van der Waals surface area contributed by atoms with Crippen LogP contribution < -0.4 is 5.32 Å². The van der Waals surface area contributed by atoms with E-state index in [1.165, 1.54) is 11.3 Å². The molecule has 0 bridgehead atoms. The van der Waals surface area contributed by atoms with E-state index < -0.39 is 0 Å². The van der Waals surface area contributed by atoms with Gasteiger partial charge in [-0.1, -0.05) is 41.2 Å². The molecule has 0 spiro atoms. The second-order valence-electron chi connectivity index (χ2n) is 6.24. The second-order valence-corrected chi connectivity index (χ2v) is 7.21. The van der Waals surface area contributed by atoms with Crippen molar-refractivity contribution < 1.29 is 14.0 Å². The Morgan fingerprint density at radius 2 is 1.96 bits per heavy atom. The molecule has 27 heavy (non-hydrogen) atoms. The summed E-state index contributed by atoms with van der Waals surface area (Å²) in [5.41, 5.74) is 2.83. The first kappa shape index (κ1) is 17.2. The van der Waals surface area contributed by atoms with Crippen LogP contribution in [0.4, 0.5) is 0 Å². The largest absolute Gasteiger partial charge is 0.467 e. The van der Waals surface area contributed by atoms with E-state index in [1.54, 1.807) is 41.1 Å². The third kappa shape index (κ3) is 3.17. The topological polar surface area (TPSA) is 76.6 Å². The fourth-order valence-electron chi connectivity index (χ4n) is 2.88. The van der Waals surface area contributed by atoms with Crippen molar-refractivity contribution in [2.75, 3.05) is 0 Å². The molecule has 0 saturated heterocycles. The van der Waals surface area contributed by atoms with Crippen LogP contribution in [0.15, 0.2) is 53.3 Å². The monoisotopic (exact) mass is 379 g/mol. The smallest absolute Gasteiger partial charge is 0.263 e. The van der Waals surface area contributed by atoms with Crippen LogP contribution in [-0.4, -0.2) is 21.1 Å². The van der Waals surface area contributed by atoms with Crippen molar-refractivity contribution in [1.29, 1.82) is 0 Å². The number of fused-ring (bicyclic) bond motifs is 1. The summed E-state index contributed by atoms with van der Waals surface area (Å²) in [5.74, 6) is 0.344. The summed E-state index contributed by atoms with van der Waals surface area (Å²) in [6.07, 6.45) is 3.13. The van der Waals surface area contributed by atoms with Crippen molar-refractivity contribution in [1.82, 2.24) is 14.7 Å². The SMILES string of the molecule is Cc1ccc(C(=O)c2cnc3sc(C(=O)NCc4ccco4)c(C)n23)cc1. The Morgan fingerprint density at radius 1 is 1.19 bits per heavy atom. The number of hydrogen-bond acceptors (Lipinski definition) is 5. The number of nitrogens with zero attached hydrogens (tertiary/aromatic N) is 2. The van der Waals surface area contributed by atoms with Gasteiger partial charge in [-0.05, 0) is 26.0 Å². The predicted molar refractivity (Wildman–Crippen MR) is 102 cm³/mol. The summed E-state index contributed by atoms with van der Waals surface area (Å²) in [6.45, 7) is 4.10. The molecule has 1 N–H and O–H groups in total. The molecule has 0 aliphatic rings. The van der Waals surface area contributed by atoms with Gasteiger partial charge in [-0.2, -0.15) is 0 Å². The lowest BCUT2D eigenvalue weighted by atomic mass is 10.1. The van der Waals surface area contributed by atoms with Gasteiger partial charge < -0.3 is 9.73 Å². The van der Waals surface area contributed by atoms with Crippen molar-refractivity contribution in [2.24, 2.45) is 0 Å². The van der Waals surface area contributed by atoms with E-state index in [-0.39, 0.29) is 11.7 Å². The molecule has 0 fully saturated rings. The molecule has 4 aromatic rings. The fraction of sp³-hybridized carbons (Fsp3) is 0.150. The van der Waals surface area contributed by atoms with Crippen LogP contribution >= 0.6 is 11.3 Å². The average molecular weight is 379 g/mol. The number of hydrogen-bond donors (Lipinski definition) is 1. The summed E-state index contributed by atoms with van der Waals surface area (Å²) < 4.78 is 6.97. The summed E-state index contributed by atoms with van der Waals surface area (Å²) >= 11 is 1.26. The molecule has 0 saturated carbocycles. The summed E-state index contributed by atoms with van der Waals surface area (Å²) in [5, 5.41) is 2.83. The molecule has 0 radical (unpaired) electrons. The number of carbonyl (C=O) groups is 2. The van der Waals surface area contributed by atoms with E-state index in [1.807, 2.05) is 26.0 Å². The quantitative estimate of drug-likeness (QED) is 0.536. The van der Waals surface area contributed by atoms with Gasteiger partial charge in [0.15, 0.2) is 4.96 Å². The minimum Gasteiger partial charge on any atom is -0.467 e. The molecule has 3 heterocycles. The van der Waals surface area contributed by atoms with Gasteiger partial charge in [0, 0.05) is 11.3 Å². The van der Waals surface area contributed by atoms with Crippen LogP contribution in [0, 0.1) is 13.8 Å². The maximum absolute atomic E-state index is 12.9. The number of thiazole rings is 1. The molecule has 0 aliphatic carbocycles. The van der Waals surface area contributed by atoms with Crippen LogP contribution in [0.2, 0.25) is 0 Å². The maximum Gasteiger partial charge on any atom is 0.263 e. The lowest BCUT2D eigenvalue weighted by molar-refractivity contribution is 0.0949. The fourth-order valence-corrected chi connectivity index (χ4v) is 3.90. The van der Waals surface area contributed by atoms with Crippen molar-refractivity contribution in [3.05, 3.63) is 82.0 Å². The van der Waals surface area contributed by atoms with E-state index in [2.05, 4.69) is 10.3 Å². The second kappa shape index (κ2) is 6.85. The van der Waals surface area contributed by atoms with E-state index in [0.29, 0.717) is 39.1 Å². The highest BCUT2D eigenvalue weighted by atomic mass is 32.1. The van der Waals surface area contributed by atoms with E-state index in [4.69, 9.17) is 4.42 Å². The predicted octanol–water partition coefficient (Wildman–Crippen LogP) is 3.77. The molecule has 136 valence electrons. The zero-order chi connectivity index (χ0) is 19.0. The van der Waals surface area contributed by atoms with Crippen molar-refractivity contribution in [3.63, 3.8) is 0 Å². The molecule has 3 aromatic heterocycles. The molecule has 7 heteroatoms. The Hall–Kier alpha value is -3.19.